The highest BCUT2D eigenvalue weighted by Gasteiger charge is 2.44. The minimum absolute atomic E-state index is 0.461. The molecule has 2 aliphatic rings. The van der Waals surface area contributed by atoms with E-state index in [4.69, 9.17) is 0 Å². The standard InChI is InChI=1S/C19H27NO/c1-2-3-12-19(21)13-17-10-7-11-18(14-19)20(17)15-16-8-5-4-6-9-16/h2,4-6,8-9,17-18,21H,1,3,7,10-15H2. The van der Waals surface area contributed by atoms with Gasteiger partial charge >= 0.3 is 0 Å². The highest BCUT2D eigenvalue weighted by Crippen LogP contribution is 2.41. The zero-order valence-corrected chi connectivity index (χ0v) is 12.9. The lowest BCUT2D eigenvalue weighted by Gasteiger charge is -2.52. The number of nitrogens with zero attached hydrogens (tertiary/aromatic N) is 1. The van der Waals surface area contributed by atoms with Crippen LogP contribution in [0.4, 0.5) is 0 Å². The number of aliphatic hydroxyl groups is 1. The maximum atomic E-state index is 10.9. The van der Waals surface area contributed by atoms with Crippen molar-refractivity contribution in [2.45, 2.75) is 69.2 Å². The van der Waals surface area contributed by atoms with Crippen LogP contribution < -0.4 is 0 Å². The van der Waals surface area contributed by atoms with Gasteiger partial charge in [-0.15, -0.1) is 6.58 Å². The van der Waals surface area contributed by atoms with Gasteiger partial charge in [-0.1, -0.05) is 42.8 Å². The second-order valence-corrected chi connectivity index (χ2v) is 6.86. The van der Waals surface area contributed by atoms with Gasteiger partial charge in [0.05, 0.1) is 5.60 Å². The summed E-state index contributed by atoms with van der Waals surface area (Å²) in [5, 5.41) is 10.9. The molecule has 2 heterocycles. The lowest BCUT2D eigenvalue weighted by molar-refractivity contribution is -0.0985. The van der Waals surface area contributed by atoms with Crippen molar-refractivity contribution in [2.24, 2.45) is 0 Å². The van der Waals surface area contributed by atoms with Gasteiger partial charge in [-0.05, 0) is 44.1 Å². The predicted octanol–water partition coefficient (Wildman–Crippen LogP) is 3.90. The molecule has 3 rings (SSSR count). The molecule has 2 atom stereocenters. The number of fused-ring (bicyclic) bond motifs is 2. The molecule has 2 nitrogen and oxygen atoms in total. The summed E-state index contributed by atoms with van der Waals surface area (Å²) < 4.78 is 0. The molecule has 114 valence electrons. The van der Waals surface area contributed by atoms with Crippen molar-refractivity contribution >= 4 is 0 Å². The van der Waals surface area contributed by atoms with Crippen LogP contribution in [0.3, 0.4) is 0 Å². The van der Waals surface area contributed by atoms with E-state index in [0.717, 1.165) is 32.2 Å². The average Bonchev–Trinajstić information content (AvgIpc) is 2.48. The molecule has 0 aromatic heterocycles. The summed E-state index contributed by atoms with van der Waals surface area (Å²) >= 11 is 0. The van der Waals surface area contributed by atoms with Gasteiger partial charge in [0.2, 0.25) is 0 Å². The minimum Gasteiger partial charge on any atom is -0.390 e. The van der Waals surface area contributed by atoms with E-state index in [1.807, 2.05) is 6.08 Å². The second kappa shape index (κ2) is 6.33. The van der Waals surface area contributed by atoms with Crippen molar-refractivity contribution in [1.29, 1.82) is 0 Å². The van der Waals surface area contributed by atoms with Gasteiger partial charge in [-0.25, -0.2) is 0 Å². The van der Waals surface area contributed by atoms with E-state index in [1.165, 1.54) is 24.8 Å². The Bertz CT molecular complexity index is 456. The first-order valence-electron chi connectivity index (χ1n) is 8.33. The molecule has 2 fully saturated rings. The van der Waals surface area contributed by atoms with Crippen LogP contribution in [-0.2, 0) is 6.54 Å². The molecule has 2 aliphatic heterocycles. The summed E-state index contributed by atoms with van der Waals surface area (Å²) in [6.07, 6.45) is 9.40. The number of allylic oxidation sites excluding steroid dienone is 1. The SMILES string of the molecule is C=CCCC1(O)CC2CCCC(C1)N2Cc1ccccc1. The maximum absolute atomic E-state index is 10.9. The average molecular weight is 285 g/mol. The molecular formula is C19H27NO. The number of hydrogen-bond donors (Lipinski definition) is 1. The summed E-state index contributed by atoms with van der Waals surface area (Å²) in [5.41, 5.74) is 0.933. The van der Waals surface area contributed by atoms with E-state index in [9.17, 15) is 5.11 Å². The zero-order valence-electron chi connectivity index (χ0n) is 12.9. The van der Waals surface area contributed by atoms with Crippen LogP contribution in [0.1, 0.15) is 50.5 Å². The van der Waals surface area contributed by atoms with E-state index in [1.54, 1.807) is 0 Å². The fourth-order valence-electron chi connectivity index (χ4n) is 4.25. The fraction of sp³-hybridized carbons (Fsp3) is 0.579. The van der Waals surface area contributed by atoms with Crippen LogP contribution in [0.5, 0.6) is 0 Å². The summed E-state index contributed by atoms with van der Waals surface area (Å²) in [6, 6.07) is 11.8. The Balaban J connectivity index is 1.71. The van der Waals surface area contributed by atoms with Gasteiger partial charge in [-0.3, -0.25) is 4.90 Å². The summed E-state index contributed by atoms with van der Waals surface area (Å²) in [5.74, 6) is 0. The molecule has 21 heavy (non-hydrogen) atoms. The number of piperidine rings is 2. The van der Waals surface area contributed by atoms with Crippen LogP contribution in [0.15, 0.2) is 43.0 Å². The Kier molecular flexibility index (Phi) is 4.46. The van der Waals surface area contributed by atoms with Crippen molar-refractivity contribution in [1.82, 2.24) is 4.90 Å². The smallest absolute Gasteiger partial charge is 0.0680 e. The first-order valence-corrected chi connectivity index (χ1v) is 8.33. The topological polar surface area (TPSA) is 23.5 Å². The first kappa shape index (κ1) is 14.8. The number of hydrogen-bond acceptors (Lipinski definition) is 2. The molecule has 2 unspecified atom stereocenters. The van der Waals surface area contributed by atoms with Crippen LogP contribution >= 0.6 is 0 Å². The van der Waals surface area contributed by atoms with Crippen molar-refractivity contribution in [2.75, 3.05) is 0 Å². The van der Waals surface area contributed by atoms with Gasteiger partial charge in [0.1, 0.15) is 0 Å². The molecule has 0 aliphatic carbocycles. The third kappa shape index (κ3) is 3.38. The molecule has 0 spiro atoms. The molecule has 2 saturated heterocycles. The van der Waals surface area contributed by atoms with Crippen LogP contribution in [0.25, 0.3) is 0 Å². The minimum atomic E-state index is -0.461. The second-order valence-electron chi connectivity index (χ2n) is 6.86. The highest BCUT2D eigenvalue weighted by atomic mass is 16.3. The Hall–Kier alpha value is -1.12. The third-order valence-electron chi connectivity index (χ3n) is 5.27. The Morgan fingerprint density at radius 3 is 2.48 bits per heavy atom. The first-order chi connectivity index (χ1) is 10.2. The third-order valence-corrected chi connectivity index (χ3v) is 5.27. The lowest BCUT2D eigenvalue weighted by Crippen LogP contribution is -2.57. The molecule has 0 saturated carbocycles. The van der Waals surface area contributed by atoms with Crippen LogP contribution in [0, 0.1) is 0 Å². The van der Waals surface area contributed by atoms with Gasteiger partial charge < -0.3 is 5.11 Å². The van der Waals surface area contributed by atoms with Crippen LogP contribution in [0.2, 0.25) is 0 Å². The van der Waals surface area contributed by atoms with E-state index < -0.39 is 5.60 Å². The van der Waals surface area contributed by atoms with Crippen molar-refractivity contribution in [3.8, 4) is 0 Å². The quantitative estimate of drug-likeness (QED) is 0.829. The Morgan fingerprint density at radius 2 is 1.86 bits per heavy atom. The van der Waals surface area contributed by atoms with Gasteiger partial charge in [-0.2, -0.15) is 0 Å². The van der Waals surface area contributed by atoms with Gasteiger partial charge in [0.15, 0.2) is 0 Å². The molecule has 2 bridgehead atoms. The Labute approximate surface area is 128 Å². The summed E-state index contributed by atoms with van der Waals surface area (Å²) in [7, 11) is 0. The van der Waals surface area contributed by atoms with Crippen molar-refractivity contribution in [3.05, 3.63) is 48.6 Å². The molecule has 0 radical (unpaired) electrons. The molecule has 2 heteroatoms. The number of benzene rings is 1. The van der Waals surface area contributed by atoms with E-state index in [0.29, 0.717) is 12.1 Å². The zero-order chi connectivity index (χ0) is 14.7. The van der Waals surface area contributed by atoms with Gasteiger partial charge in [0.25, 0.3) is 0 Å². The van der Waals surface area contributed by atoms with Crippen molar-refractivity contribution < 1.29 is 5.11 Å². The fourth-order valence-corrected chi connectivity index (χ4v) is 4.25. The van der Waals surface area contributed by atoms with Crippen LogP contribution in [-0.4, -0.2) is 27.7 Å². The van der Waals surface area contributed by atoms with E-state index >= 15 is 0 Å². The number of rotatable bonds is 5. The summed E-state index contributed by atoms with van der Waals surface area (Å²) in [6.45, 7) is 4.83. The largest absolute Gasteiger partial charge is 0.390 e. The maximum Gasteiger partial charge on any atom is 0.0680 e. The van der Waals surface area contributed by atoms with E-state index in [-0.39, 0.29) is 0 Å². The molecule has 0 amide bonds. The molecule has 1 N–H and O–H groups in total. The highest BCUT2D eigenvalue weighted by molar-refractivity contribution is 5.15. The van der Waals surface area contributed by atoms with Gasteiger partial charge in [0, 0.05) is 18.6 Å². The van der Waals surface area contributed by atoms with E-state index in [2.05, 4.69) is 41.8 Å². The normalized spacial score (nSPS) is 32.8. The lowest BCUT2D eigenvalue weighted by atomic mass is 9.73. The monoisotopic (exact) mass is 285 g/mol. The Morgan fingerprint density at radius 1 is 1.19 bits per heavy atom. The molecule has 1 aromatic carbocycles. The van der Waals surface area contributed by atoms with Crippen molar-refractivity contribution in [3.63, 3.8) is 0 Å². The molecule has 1 aromatic rings. The molecular weight excluding hydrogens is 258 g/mol. The summed E-state index contributed by atoms with van der Waals surface area (Å²) in [4.78, 5) is 2.65. The predicted molar refractivity (Wildman–Crippen MR) is 87.0 cm³/mol.